The van der Waals surface area contributed by atoms with Crippen LogP contribution in [-0.2, 0) is 9.84 Å². The van der Waals surface area contributed by atoms with E-state index in [0.717, 1.165) is 8.83 Å². The van der Waals surface area contributed by atoms with Crippen molar-refractivity contribution in [3.05, 3.63) is 54.1 Å². The second-order valence-electron chi connectivity index (χ2n) is 6.12. The first-order valence-corrected chi connectivity index (χ1v) is 16.2. The summed E-state index contributed by atoms with van der Waals surface area (Å²) >= 11 is -2.95. The van der Waals surface area contributed by atoms with E-state index in [-0.39, 0.29) is 10.9 Å². The number of halogens is 1. The third kappa shape index (κ3) is 3.55. The maximum atomic E-state index is 12.9. The molecule has 0 aliphatic carbocycles. The number of hydrogen-bond donors (Lipinski definition) is 0. The zero-order chi connectivity index (χ0) is 17.4. The standard InChI is InChI=1S/C10H13O2S.C7H7.Bi.ClH/c1-10(2,3)13(11,12)9-7-5-4-6-8-9;1-7-5-3-2-4-6-7;;/h4-7H,1-3H3;3-6H,1H3;;1H/q;;+1;/p-1/i7D;;;. The zero-order valence-corrected chi connectivity index (χ0v) is 18.1. The minimum absolute atomic E-state index is 0.0326. The van der Waals surface area contributed by atoms with Crippen molar-refractivity contribution in [2.24, 2.45) is 0 Å². The Kier molecular flexibility index (Phi) is 4.92. The van der Waals surface area contributed by atoms with Crippen molar-refractivity contribution in [2.75, 3.05) is 0 Å². The molecule has 0 amide bonds. The average Bonchev–Trinajstić information content (AvgIpc) is 2.45. The first-order chi connectivity index (χ1) is 10.6. The molecule has 0 aliphatic rings. The summed E-state index contributed by atoms with van der Waals surface area (Å²) in [6.45, 7) is 6.97. The van der Waals surface area contributed by atoms with Crippen LogP contribution in [0.3, 0.4) is 0 Å². The van der Waals surface area contributed by atoms with Crippen LogP contribution in [0.2, 0.25) is 0 Å². The Morgan fingerprint density at radius 2 is 1.68 bits per heavy atom. The van der Waals surface area contributed by atoms with E-state index < -0.39 is 35.1 Å². The molecule has 0 radical (unpaired) electrons. The van der Waals surface area contributed by atoms with Crippen LogP contribution in [0.15, 0.2) is 53.4 Å². The molecule has 0 N–H and O–H groups in total. The van der Waals surface area contributed by atoms with Crippen molar-refractivity contribution in [3.8, 4) is 0 Å². The molecule has 0 unspecified atom stereocenters. The fraction of sp³-hybridized carbons (Fsp3) is 0.294. The van der Waals surface area contributed by atoms with Crippen molar-refractivity contribution in [1.82, 2.24) is 0 Å². The second-order valence-corrected chi connectivity index (χ2v) is 17.8. The zero-order valence-electron chi connectivity index (χ0n) is 14.1. The summed E-state index contributed by atoms with van der Waals surface area (Å²) in [4.78, 5) is 0.112. The van der Waals surface area contributed by atoms with Crippen molar-refractivity contribution in [3.63, 3.8) is 0 Å². The predicted molar refractivity (Wildman–Crippen MR) is 95.4 cm³/mol. The van der Waals surface area contributed by atoms with Gasteiger partial charge in [-0.05, 0) is 0 Å². The van der Waals surface area contributed by atoms with Crippen molar-refractivity contribution in [2.45, 2.75) is 37.3 Å². The predicted octanol–water partition coefficient (Wildman–Crippen LogP) is 2.91. The summed E-state index contributed by atoms with van der Waals surface area (Å²) in [6.07, 6.45) is 0. The Bertz CT molecular complexity index is 811. The SMILES string of the molecule is [2H]c1ccc[c]([Bi]([Cl])[c]2ccc(C)cc2)c1S(=O)(=O)C(C)(C)C. The molecule has 2 nitrogen and oxygen atoms in total. The number of hydrogen-bond acceptors (Lipinski definition) is 2. The molecule has 0 aliphatic heterocycles. The molecule has 2 rings (SSSR count). The molecule has 2 aromatic carbocycles. The van der Waals surface area contributed by atoms with Crippen LogP contribution in [0, 0.1) is 6.92 Å². The number of aryl methyl sites for hydroxylation is 1. The van der Waals surface area contributed by atoms with Crippen molar-refractivity contribution < 1.29 is 9.79 Å². The van der Waals surface area contributed by atoms with E-state index in [1.807, 2.05) is 31.2 Å². The van der Waals surface area contributed by atoms with Gasteiger partial charge in [0, 0.05) is 0 Å². The molecular weight excluding hydrogens is 513 g/mol. The number of benzene rings is 2. The van der Waals surface area contributed by atoms with Crippen LogP contribution in [0.1, 0.15) is 27.7 Å². The Morgan fingerprint density at radius 1 is 1.09 bits per heavy atom. The van der Waals surface area contributed by atoms with E-state index in [4.69, 9.17) is 9.88 Å². The maximum absolute atomic E-state index is 12.9. The molecule has 0 aromatic heterocycles. The van der Waals surface area contributed by atoms with Crippen LogP contribution >= 0.6 is 8.51 Å². The first kappa shape index (κ1) is 16.4. The van der Waals surface area contributed by atoms with Gasteiger partial charge in [-0.15, -0.1) is 0 Å². The van der Waals surface area contributed by atoms with Crippen LogP contribution in [0.4, 0.5) is 0 Å². The van der Waals surface area contributed by atoms with Gasteiger partial charge in [-0.25, -0.2) is 0 Å². The van der Waals surface area contributed by atoms with E-state index in [9.17, 15) is 8.42 Å². The Morgan fingerprint density at radius 3 is 2.23 bits per heavy atom. The Hall–Kier alpha value is -0.437. The summed E-state index contributed by atoms with van der Waals surface area (Å²) < 4.78 is 34.7. The van der Waals surface area contributed by atoms with Crippen molar-refractivity contribution in [1.29, 1.82) is 0 Å². The van der Waals surface area contributed by atoms with Gasteiger partial charge in [-0.3, -0.25) is 0 Å². The topological polar surface area (TPSA) is 34.1 Å². The number of rotatable bonds is 3. The molecule has 22 heavy (non-hydrogen) atoms. The van der Waals surface area contributed by atoms with Gasteiger partial charge >= 0.3 is 147 Å². The summed E-state index contributed by atoms with van der Waals surface area (Å²) in [5, 5.41) is 0. The van der Waals surface area contributed by atoms with Gasteiger partial charge in [-0.2, -0.15) is 0 Å². The van der Waals surface area contributed by atoms with Gasteiger partial charge in [0.05, 0.1) is 0 Å². The fourth-order valence-corrected chi connectivity index (χ4v) is 12.4. The first-order valence-electron chi connectivity index (χ1n) is 7.42. The molecule has 0 saturated heterocycles. The van der Waals surface area contributed by atoms with E-state index in [2.05, 4.69) is 0 Å². The third-order valence-corrected chi connectivity index (χ3v) is 15.8. The second kappa shape index (κ2) is 6.59. The molecule has 0 atom stereocenters. The van der Waals surface area contributed by atoms with Gasteiger partial charge in [0.25, 0.3) is 0 Å². The molecule has 0 bridgehead atoms. The molecule has 5 heteroatoms. The molecule has 0 spiro atoms. The Balaban J connectivity index is 2.65. The molecule has 0 fully saturated rings. The normalized spacial score (nSPS) is 13.3. The molecule has 2 aromatic rings. The summed E-state index contributed by atoms with van der Waals surface area (Å²) in [7, 11) is 3.15. The van der Waals surface area contributed by atoms with Gasteiger partial charge in [0.15, 0.2) is 0 Å². The van der Waals surface area contributed by atoms with E-state index in [1.54, 1.807) is 32.9 Å². The van der Waals surface area contributed by atoms with Crippen LogP contribution in [0.5, 0.6) is 0 Å². The number of sulfone groups is 1. The quantitative estimate of drug-likeness (QED) is 0.569. The molecular formula is C17H20BiClO2S. The van der Waals surface area contributed by atoms with Crippen LogP contribution < -0.4 is 6.54 Å². The Labute approximate surface area is 146 Å². The summed E-state index contributed by atoms with van der Waals surface area (Å²) in [6, 6.07) is 13.0. The van der Waals surface area contributed by atoms with Gasteiger partial charge < -0.3 is 0 Å². The van der Waals surface area contributed by atoms with Gasteiger partial charge in [0.2, 0.25) is 0 Å². The van der Waals surface area contributed by atoms with Crippen LogP contribution in [-0.4, -0.2) is 33.7 Å². The van der Waals surface area contributed by atoms with Crippen molar-refractivity contribution >= 4 is 45.5 Å². The van der Waals surface area contributed by atoms with E-state index in [1.165, 1.54) is 6.07 Å². The molecule has 118 valence electrons. The van der Waals surface area contributed by atoms with E-state index in [0.29, 0.717) is 3.27 Å². The van der Waals surface area contributed by atoms with Crippen LogP contribution in [0.25, 0.3) is 0 Å². The summed E-state index contributed by atoms with van der Waals surface area (Å²) in [5.41, 5.74) is 1.14. The van der Waals surface area contributed by atoms with E-state index >= 15 is 0 Å². The fourth-order valence-electron chi connectivity index (χ4n) is 1.90. The van der Waals surface area contributed by atoms with Gasteiger partial charge in [-0.1, -0.05) is 0 Å². The average molecular weight is 534 g/mol. The third-order valence-electron chi connectivity index (χ3n) is 3.34. The summed E-state index contributed by atoms with van der Waals surface area (Å²) in [5.74, 6) is 0. The van der Waals surface area contributed by atoms with Gasteiger partial charge in [0.1, 0.15) is 0 Å². The molecule has 0 heterocycles. The minimum atomic E-state index is -3.62. The monoisotopic (exact) mass is 533 g/mol. The molecule has 0 saturated carbocycles.